The summed E-state index contributed by atoms with van der Waals surface area (Å²) >= 11 is 1.38. The van der Waals surface area contributed by atoms with Gasteiger partial charge in [-0.2, -0.15) is 4.37 Å². The number of anilines is 1. The Morgan fingerprint density at radius 2 is 2.21 bits per heavy atom. The molecule has 2 N–H and O–H groups in total. The van der Waals surface area contributed by atoms with Crippen LogP contribution >= 0.6 is 11.5 Å². The van der Waals surface area contributed by atoms with E-state index in [4.69, 9.17) is 0 Å². The number of rotatable bonds is 4. The van der Waals surface area contributed by atoms with Crippen molar-refractivity contribution >= 4 is 39.4 Å². The molecule has 3 amide bonds. The minimum absolute atomic E-state index is 0.0995. The zero-order chi connectivity index (χ0) is 13.2. The molecular weight excluding hydrogens is 264 g/mol. The maximum Gasteiger partial charge on any atom is 0.324 e. The van der Waals surface area contributed by atoms with E-state index in [0.717, 1.165) is 15.9 Å². The number of fused-ring (bicyclic) bond motifs is 1. The number of urea groups is 1. The summed E-state index contributed by atoms with van der Waals surface area (Å²) in [5, 5.41) is 7.73. The van der Waals surface area contributed by atoms with E-state index in [2.05, 4.69) is 15.0 Å². The maximum absolute atomic E-state index is 11.4. The van der Waals surface area contributed by atoms with Crippen molar-refractivity contribution in [3.63, 3.8) is 0 Å². The minimum atomic E-state index is -0.319. The van der Waals surface area contributed by atoms with Crippen molar-refractivity contribution in [2.75, 3.05) is 25.0 Å². The van der Waals surface area contributed by atoms with E-state index in [0.29, 0.717) is 13.1 Å². The predicted molar refractivity (Wildman–Crippen MR) is 73.2 cm³/mol. The van der Waals surface area contributed by atoms with Gasteiger partial charge in [-0.1, -0.05) is 12.1 Å². The standard InChI is InChI=1S/C12H12N4O2S/c17-10-7-14-12(18)16(10)6-5-13-11-8-3-1-2-4-9(8)15-19-11/h1-4,13H,5-7H2,(H,14,18). The molecule has 2 heterocycles. The zero-order valence-corrected chi connectivity index (χ0v) is 10.9. The van der Waals surface area contributed by atoms with Crippen LogP contribution in [-0.2, 0) is 4.79 Å². The van der Waals surface area contributed by atoms with Gasteiger partial charge in [-0.15, -0.1) is 0 Å². The van der Waals surface area contributed by atoms with Crippen LogP contribution in [0.2, 0.25) is 0 Å². The molecule has 1 aromatic carbocycles. The molecule has 1 fully saturated rings. The molecular formula is C12H12N4O2S. The fourth-order valence-electron chi connectivity index (χ4n) is 1.98. The Balaban J connectivity index is 1.63. The summed E-state index contributed by atoms with van der Waals surface area (Å²) in [6.45, 7) is 0.977. The number of hydrogen-bond acceptors (Lipinski definition) is 5. The first-order chi connectivity index (χ1) is 9.25. The molecule has 19 heavy (non-hydrogen) atoms. The van der Waals surface area contributed by atoms with Gasteiger partial charge in [0.2, 0.25) is 5.91 Å². The minimum Gasteiger partial charge on any atom is -0.373 e. The van der Waals surface area contributed by atoms with E-state index in [1.54, 1.807) is 0 Å². The van der Waals surface area contributed by atoms with Gasteiger partial charge in [0, 0.05) is 18.5 Å². The van der Waals surface area contributed by atoms with Crippen LogP contribution in [0.25, 0.3) is 10.9 Å². The van der Waals surface area contributed by atoms with E-state index in [9.17, 15) is 9.59 Å². The van der Waals surface area contributed by atoms with Gasteiger partial charge >= 0.3 is 6.03 Å². The van der Waals surface area contributed by atoms with Crippen LogP contribution in [0.15, 0.2) is 24.3 Å². The number of carbonyl (C=O) groups excluding carboxylic acids is 2. The van der Waals surface area contributed by atoms with Gasteiger partial charge in [-0.3, -0.25) is 9.69 Å². The molecule has 0 spiro atoms. The Labute approximate surface area is 113 Å². The van der Waals surface area contributed by atoms with Gasteiger partial charge in [0.15, 0.2) is 0 Å². The average molecular weight is 276 g/mol. The number of amides is 3. The number of carbonyl (C=O) groups is 2. The number of nitrogens with one attached hydrogen (secondary N) is 2. The summed E-state index contributed by atoms with van der Waals surface area (Å²) in [5.41, 5.74) is 0.949. The van der Waals surface area contributed by atoms with E-state index in [-0.39, 0.29) is 18.5 Å². The first-order valence-electron chi connectivity index (χ1n) is 5.92. The van der Waals surface area contributed by atoms with E-state index in [1.165, 1.54) is 16.4 Å². The van der Waals surface area contributed by atoms with Crippen LogP contribution in [0.4, 0.5) is 9.80 Å². The predicted octanol–water partition coefficient (Wildman–Crippen LogP) is 1.26. The highest BCUT2D eigenvalue weighted by atomic mass is 32.1. The Morgan fingerprint density at radius 3 is 3.00 bits per heavy atom. The number of nitrogens with zero attached hydrogens (tertiary/aromatic N) is 2. The largest absolute Gasteiger partial charge is 0.373 e. The van der Waals surface area contributed by atoms with Crippen LogP contribution in [0, 0.1) is 0 Å². The van der Waals surface area contributed by atoms with Crippen molar-refractivity contribution in [3.8, 4) is 0 Å². The Morgan fingerprint density at radius 1 is 1.37 bits per heavy atom. The fourth-order valence-corrected chi connectivity index (χ4v) is 2.77. The molecule has 1 saturated heterocycles. The highest BCUT2D eigenvalue weighted by Gasteiger charge is 2.27. The van der Waals surface area contributed by atoms with Gasteiger partial charge < -0.3 is 10.6 Å². The van der Waals surface area contributed by atoms with E-state index in [1.807, 2.05) is 24.3 Å². The van der Waals surface area contributed by atoms with Crippen molar-refractivity contribution in [2.45, 2.75) is 0 Å². The molecule has 0 unspecified atom stereocenters. The molecule has 2 aromatic rings. The van der Waals surface area contributed by atoms with Crippen molar-refractivity contribution in [1.29, 1.82) is 0 Å². The van der Waals surface area contributed by atoms with Crippen LogP contribution in [0.3, 0.4) is 0 Å². The molecule has 0 atom stereocenters. The molecule has 0 radical (unpaired) electrons. The lowest BCUT2D eigenvalue weighted by Crippen LogP contribution is -2.34. The lowest BCUT2D eigenvalue weighted by atomic mass is 10.2. The lowest BCUT2D eigenvalue weighted by Gasteiger charge is -2.12. The van der Waals surface area contributed by atoms with Gasteiger partial charge in [-0.25, -0.2) is 4.79 Å². The van der Waals surface area contributed by atoms with Crippen LogP contribution in [-0.4, -0.2) is 40.8 Å². The number of hydrogen-bond donors (Lipinski definition) is 2. The summed E-state index contributed by atoms with van der Waals surface area (Å²) in [6, 6.07) is 7.53. The molecule has 1 aliphatic heterocycles. The average Bonchev–Trinajstić information content (AvgIpc) is 2.97. The first kappa shape index (κ1) is 11.9. The van der Waals surface area contributed by atoms with Crippen molar-refractivity contribution in [1.82, 2.24) is 14.6 Å². The van der Waals surface area contributed by atoms with Crippen LogP contribution in [0.1, 0.15) is 0 Å². The van der Waals surface area contributed by atoms with Gasteiger partial charge in [0.1, 0.15) is 5.00 Å². The molecule has 0 saturated carbocycles. The monoisotopic (exact) mass is 276 g/mol. The summed E-state index contributed by atoms with van der Waals surface area (Å²) in [4.78, 5) is 24.0. The lowest BCUT2D eigenvalue weighted by molar-refractivity contribution is -0.124. The van der Waals surface area contributed by atoms with Gasteiger partial charge in [0.25, 0.3) is 0 Å². The van der Waals surface area contributed by atoms with E-state index < -0.39 is 0 Å². The smallest absolute Gasteiger partial charge is 0.324 e. The Hall–Kier alpha value is -2.15. The highest BCUT2D eigenvalue weighted by Crippen LogP contribution is 2.26. The summed E-state index contributed by atoms with van der Waals surface area (Å²) < 4.78 is 4.32. The van der Waals surface area contributed by atoms with Crippen LogP contribution < -0.4 is 10.6 Å². The molecule has 0 bridgehead atoms. The summed E-state index contributed by atoms with van der Waals surface area (Å²) in [6.07, 6.45) is 0. The molecule has 3 rings (SSSR count). The second kappa shape index (κ2) is 4.85. The molecule has 0 aliphatic carbocycles. The number of imide groups is 1. The maximum atomic E-state index is 11.4. The summed E-state index contributed by atoms with van der Waals surface area (Å²) in [5.74, 6) is -0.180. The van der Waals surface area contributed by atoms with Crippen molar-refractivity contribution in [2.24, 2.45) is 0 Å². The number of benzene rings is 1. The molecule has 7 heteroatoms. The Bertz CT molecular complexity index is 623. The number of aromatic nitrogens is 1. The normalized spacial score (nSPS) is 15.1. The highest BCUT2D eigenvalue weighted by molar-refractivity contribution is 7.11. The van der Waals surface area contributed by atoms with Crippen molar-refractivity contribution < 1.29 is 9.59 Å². The molecule has 1 aromatic heterocycles. The van der Waals surface area contributed by atoms with Crippen LogP contribution in [0.5, 0.6) is 0 Å². The SMILES string of the molecule is O=C1CNC(=O)N1CCNc1snc2ccccc12. The second-order valence-electron chi connectivity index (χ2n) is 4.16. The van der Waals surface area contributed by atoms with E-state index >= 15 is 0 Å². The van der Waals surface area contributed by atoms with Crippen molar-refractivity contribution in [3.05, 3.63) is 24.3 Å². The second-order valence-corrected chi connectivity index (χ2v) is 4.93. The first-order valence-corrected chi connectivity index (χ1v) is 6.69. The molecule has 98 valence electrons. The fraction of sp³-hybridized carbons (Fsp3) is 0.250. The summed E-state index contributed by atoms with van der Waals surface area (Å²) in [7, 11) is 0. The molecule has 1 aliphatic rings. The molecule has 6 nitrogen and oxygen atoms in total. The zero-order valence-electron chi connectivity index (χ0n) is 10.0. The third-order valence-electron chi connectivity index (χ3n) is 2.94. The third-order valence-corrected chi connectivity index (χ3v) is 3.78. The topological polar surface area (TPSA) is 74.3 Å². The van der Waals surface area contributed by atoms with Gasteiger partial charge in [-0.05, 0) is 23.7 Å². The third kappa shape index (κ3) is 2.24. The van der Waals surface area contributed by atoms with Gasteiger partial charge in [0.05, 0.1) is 12.1 Å². The quantitative estimate of drug-likeness (QED) is 0.824. The Kier molecular flexibility index (Phi) is 3.04.